The number of aromatic nitrogens is 6. The topological polar surface area (TPSA) is 124 Å². The molecular formula is C33H62Br3N9O4SSi2. The van der Waals surface area contributed by atoms with Crippen molar-refractivity contribution in [3.63, 3.8) is 0 Å². The van der Waals surface area contributed by atoms with E-state index in [9.17, 15) is 8.42 Å². The quantitative estimate of drug-likeness (QED) is 0.158. The normalized spacial score (nSPS) is 20.8. The van der Waals surface area contributed by atoms with Crippen molar-refractivity contribution in [1.29, 1.82) is 0 Å². The monoisotopic (exact) mass is 973 g/mol. The molecular weight excluding hydrogens is 914 g/mol. The third-order valence-electron chi connectivity index (χ3n) is 11.1. The van der Waals surface area contributed by atoms with E-state index in [1.54, 1.807) is 8.99 Å². The molecule has 0 N–H and O–H groups in total. The number of hydrogen-bond acceptors (Lipinski definition) is 10. The Morgan fingerprint density at radius 2 is 1.10 bits per heavy atom. The molecule has 2 aromatic rings. The second kappa shape index (κ2) is 18.9. The second-order valence-electron chi connectivity index (χ2n) is 17.3. The number of halogens is 3. The van der Waals surface area contributed by atoms with E-state index in [1.807, 2.05) is 0 Å². The molecule has 52 heavy (non-hydrogen) atoms. The van der Waals surface area contributed by atoms with E-state index in [0.717, 1.165) is 38.5 Å². The number of sulfonamides is 1. The van der Waals surface area contributed by atoms with Crippen molar-refractivity contribution in [3.8, 4) is 0 Å². The van der Waals surface area contributed by atoms with E-state index in [0.29, 0.717) is 41.4 Å². The van der Waals surface area contributed by atoms with Gasteiger partial charge in [0.15, 0.2) is 4.73 Å². The highest BCUT2D eigenvalue weighted by atomic mass is 79.9. The predicted octanol–water partition coefficient (Wildman–Crippen LogP) is 7.35. The van der Waals surface area contributed by atoms with Crippen LogP contribution in [0.15, 0.2) is 19.4 Å². The maximum atomic E-state index is 13.1. The highest BCUT2D eigenvalue weighted by molar-refractivity contribution is 9.11. The molecule has 5 heterocycles. The lowest BCUT2D eigenvalue weighted by Gasteiger charge is -2.54. The standard InChI is InChI=1S/C16H30BrN5O3SSi.C9H17N.C8H15Br2N3OSi/c1-20-8-5-16(20)6-9-21(10-7-16)26(23,24)15-18-14(17)19-22(15)13-25-11-12-27(2,3)4;1-10-8-7-9(10)5-3-2-4-6-9;1-15(2,3)5-4-14-6-13-8(10)11-7(9)12-13/h5-13H2,1-4H3;2-8H2,1H3;4-6H2,1-3H3. The number of ether oxygens (including phenoxy) is 2. The first-order valence-electron chi connectivity index (χ1n) is 18.7. The lowest BCUT2D eigenvalue weighted by Crippen LogP contribution is -2.62. The Labute approximate surface area is 339 Å². The van der Waals surface area contributed by atoms with Crippen molar-refractivity contribution in [2.45, 2.75) is 139 Å². The summed E-state index contributed by atoms with van der Waals surface area (Å²) >= 11 is 9.70. The number of nitrogens with zero attached hydrogens (tertiary/aromatic N) is 9. The molecule has 6 rings (SSSR count). The van der Waals surface area contributed by atoms with E-state index in [-0.39, 0.29) is 22.2 Å². The fourth-order valence-electron chi connectivity index (χ4n) is 7.05. The van der Waals surface area contributed by atoms with E-state index in [1.165, 1.54) is 55.8 Å². The van der Waals surface area contributed by atoms with Crippen LogP contribution in [0, 0.1) is 0 Å². The summed E-state index contributed by atoms with van der Waals surface area (Å²) in [7, 11) is -1.47. The van der Waals surface area contributed by atoms with Crippen LogP contribution in [0.3, 0.4) is 0 Å². The number of likely N-dealkylation sites (tertiary alicyclic amines) is 2. The number of rotatable bonds is 12. The minimum atomic E-state index is -3.69. The Balaban J connectivity index is 0.000000201. The molecule has 4 fully saturated rings. The van der Waals surface area contributed by atoms with Crippen LogP contribution in [0.4, 0.5) is 0 Å². The van der Waals surface area contributed by atoms with Crippen LogP contribution in [0.2, 0.25) is 51.4 Å². The SMILES string of the molecule is CN1CCC12CCCCC2.CN1CCC12CCN(S(=O)(=O)c1nc(Br)nn1COCC[Si](C)(C)C)CC2.C[Si](C)(C)CCOCn1nc(Br)nc1Br. The van der Waals surface area contributed by atoms with E-state index in [4.69, 9.17) is 9.47 Å². The summed E-state index contributed by atoms with van der Waals surface area (Å²) in [6.45, 7) is 19.3. The van der Waals surface area contributed by atoms with Crippen molar-refractivity contribution >= 4 is 74.0 Å². The fraction of sp³-hybridized carbons (Fsp3) is 0.879. The van der Waals surface area contributed by atoms with Crippen molar-refractivity contribution in [3.05, 3.63) is 14.2 Å². The maximum Gasteiger partial charge on any atom is 0.278 e. The van der Waals surface area contributed by atoms with Gasteiger partial charge in [-0.2, -0.15) is 14.3 Å². The van der Waals surface area contributed by atoms with Crippen LogP contribution >= 0.6 is 47.8 Å². The highest BCUT2D eigenvalue weighted by Gasteiger charge is 2.47. The van der Waals surface area contributed by atoms with E-state index < -0.39 is 26.2 Å². The van der Waals surface area contributed by atoms with Gasteiger partial charge < -0.3 is 19.3 Å². The Kier molecular flexibility index (Phi) is 16.2. The Morgan fingerprint density at radius 1 is 0.654 bits per heavy atom. The molecule has 1 aliphatic carbocycles. The average molecular weight is 977 g/mol. The Morgan fingerprint density at radius 3 is 1.50 bits per heavy atom. The molecule has 13 nitrogen and oxygen atoms in total. The van der Waals surface area contributed by atoms with E-state index in [2.05, 4.69) is 131 Å². The molecule has 2 spiro atoms. The second-order valence-corrected chi connectivity index (χ2v) is 32.5. The molecule has 19 heteroatoms. The third-order valence-corrected chi connectivity index (χ3v) is 17.6. The van der Waals surface area contributed by atoms with Crippen molar-refractivity contribution < 1.29 is 17.9 Å². The molecule has 1 saturated carbocycles. The Bertz CT molecular complexity index is 1540. The summed E-state index contributed by atoms with van der Waals surface area (Å²) in [4.78, 5) is 13.1. The first kappa shape index (κ1) is 44.6. The molecule has 3 saturated heterocycles. The first-order chi connectivity index (χ1) is 24.3. The first-order valence-corrected chi connectivity index (χ1v) is 29.9. The molecule has 0 amide bonds. The summed E-state index contributed by atoms with van der Waals surface area (Å²) in [5.41, 5.74) is 0.887. The molecule has 0 bridgehead atoms. The van der Waals surface area contributed by atoms with Crippen LogP contribution in [0.5, 0.6) is 0 Å². The van der Waals surface area contributed by atoms with Crippen LogP contribution in [0.25, 0.3) is 0 Å². The smallest absolute Gasteiger partial charge is 0.278 e. The van der Waals surface area contributed by atoms with Gasteiger partial charge in [0.05, 0.1) is 0 Å². The molecule has 2 aromatic heterocycles. The van der Waals surface area contributed by atoms with Crippen molar-refractivity contribution in [2.75, 3.05) is 53.5 Å². The van der Waals surface area contributed by atoms with Crippen molar-refractivity contribution in [2.24, 2.45) is 0 Å². The summed E-state index contributed by atoms with van der Waals surface area (Å²) in [6.07, 6.45) is 11.8. The third kappa shape index (κ3) is 12.5. The van der Waals surface area contributed by atoms with Gasteiger partial charge in [-0.3, -0.25) is 0 Å². The average Bonchev–Trinajstić information content (AvgIpc) is 3.63. The molecule has 4 aliphatic rings. The zero-order chi connectivity index (χ0) is 38.4. The minimum Gasteiger partial charge on any atom is -0.359 e. The van der Waals surface area contributed by atoms with Crippen LogP contribution in [0.1, 0.15) is 57.8 Å². The summed E-state index contributed by atoms with van der Waals surface area (Å²) in [5.74, 6) is 0. The lowest BCUT2D eigenvalue weighted by molar-refractivity contribution is -0.0265. The lowest BCUT2D eigenvalue weighted by atomic mass is 9.73. The van der Waals surface area contributed by atoms with Crippen LogP contribution < -0.4 is 0 Å². The molecule has 0 atom stereocenters. The number of hydrogen-bond donors (Lipinski definition) is 0. The zero-order valence-electron chi connectivity index (χ0n) is 32.6. The predicted molar refractivity (Wildman–Crippen MR) is 222 cm³/mol. The van der Waals surface area contributed by atoms with E-state index >= 15 is 0 Å². The van der Waals surface area contributed by atoms with Gasteiger partial charge in [-0.05, 0) is 112 Å². The molecule has 0 unspecified atom stereocenters. The number of piperidine rings is 1. The van der Waals surface area contributed by atoms with Crippen molar-refractivity contribution in [1.82, 2.24) is 43.6 Å². The van der Waals surface area contributed by atoms with Gasteiger partial charge in [-0.25, -0.2) is 17.8 Å². The molecule has 0 aromatic carbocycles. The van der Waals surface area contributed by atoms with Gasteiger partial charge in [0.25, 0.3) is 15.2 Å². The van der Waals surface area contributed by atoms with Crippen LogP contribution in [-0.2, 0) is 33.0 Å². The minimum absolute atomic E-state index is 0.0414. The molecule has 0 radical (unpaired) electrons. The van der Waals surface area contributed by atoms with Crippen LogP contribution in [-0.4, -0.2) is 133 Å². The summed E-state index contributed by atoms with van der Waals surface area (Å²) < 4.78 is 43.6. The molecule has 3 aliphatic heterocycles. The highest BCUT2D eigenvalue weighted by Crippen LogP contribution is 2.42. The van der Waals surface area contributed by atoms with Gasteiger partial charge >= 0.3 is 0 Å². The maximum absolute atomic E-state index is 13.1. The van der Waals surface area contributed by atoms with Gasteiger partial charge in [-0.15, -0.1) is 10.2 Å². The molecule has 298 valence electrons. The summed E-state index contributed by atoms with van der Waals surface area (Å²) in [6, 6.07) is 2.19. The summed E-state index contributed by atoms with van der Waals surface area (Å²) in [5, 5.41) is 8.23. The Hall–Kier alpha value is -0.0962. The fourth-order valence-corrected chi connectivity index (χ4v) is 11.4. The van der Waals surface area contributed by atoms with Gasteiger partial charge in [-0.1, -0.05) is 58.5 Å². The largest absolute Gasteiger partial charge is 0.359 e. The van der Waals surface area contributed by atoms with Gasteiger partial charge in [0.2, 0.25) is 9.47 Å². The van der Waals surface area contributed by atoms with Gasteiger partial charge in [0, 0.05) is 66.6 Å². The zero-order valence-corrected chi connectivity index (χ0v) is 40.2. The van der Waals surface area contributed by atoms with Gasteiger partial charge in [0.1, 0.15) is 13.5 Å².